The Bertz CT molecular complexity index is 689. The Balaban J connectivity index is 0.00000341. The predicted molar refractivity (Wildman–Crippen MR) is 126 cm³/mol. The van der Waals surface area contributed by atoms with Gasteiger partial charge in [0, 0.05) is 19.6 Å². The summed E-state index contributed by atoms with van der Waals surface area (Å²) in [6.07, 6.45) is -0.449. The minimum atomic E-state index is -4.07. The van der Waals surface area contributed by atoms with Crippen LogP contribution >= 0.6 is 24.0 Å². The lowest BCUT2D eigenvalue weighted by molar-refractivity contribution is -0.182. The van der Waals surface area contributed by atoms with Gasteiger partial charge in [0.15, 0.2) is 5.96 Å². The van der Waals surface area contributed by atoms with Crippen LogP contribution in [0.15, 0.2) is 9.41 Å². The third kappa shape index (κ3) is 7.80. The van der Waals surface area contributed by atoms with E-state index in [0.29, 0.717) is 24.7 Å². The molecule has 1 saturated heterocycles. The molecule has 2 heterocycles. The number of piperidine rings is 1. The molecule has 0 atom stereocenters. The number of aromatic nitrogens is 1. The summed E-state index contributed by atoms with van der Waals surface area (Å²) in [6, 6.07) is 0.0596. The first-order valence-corrected chi connectivity index (χ1v) is 10.9. The highest BCUT2D eigenvalue weighted by Crippen LogP contribution is 2.37. The van der Waals surface area contributed by atoms with E-state index in [9.17, 15) is 13.2 Å². The first kappa shape index (κ1) is 26.2. The van der Waals surface area contributed by atoms with Crippen LogP contribution in [0.1, 0.15) is 55.9 Å². The van der Waals surface area contributed by atoms with Gasteiger partial charge in [0.1, 0.15) is 5.76 Å². The number of alkyl halides is 3. The van der Waals surface area contributed by atoms with Crippen LogP contribution in [0.3, 0.4) is 0 Å². The summed E-state index contributed by atoms with van der Waals surface area (Å²) >= 11 is 0. The minimum Gasteiger partial charge on any atom is -0.444 e. The highest BCUT2D eigenvalue weighted by Gasteiger charge is 2.41. The van der Waals surface area contributed by atoms with Crippen molar-refractivity contribution in [3.63, 3.8) is 0 Å². The van der Waals surface area contributed by atoms with E-state index in [4.69, 9.17) is 4.42 Å². The molecule has 1 aliphatic heterocycles. The smallest absolute Gasteiger partial charge is 0.391 e. The Morgan fingerprint density at radius 3 is 2.29 bits per heavy atom. The van der Waals surface area contributed by atoms with Crippen molar-refractivity contribution >= 4 is 29.9 Å². The SMILES string of the molecule is CN=C(NCC1CCN(Cc2nc(C)c(C)o2)CC1)NC1CCC(C(F)(F)F)CC1.I. The zero-order valence-electron chi connectivity index (χ0n) is 18.6. The number of oxazole rings is 1. The van der Waals surface area contributed by atoms with E-state index >= 15 is 0 Å². The molecule has 0 bridgehead atoms. The molecule has 1 aliphatic carbocycles. The maximum Gasteiger partial charge on any atom is 0.391 e. The van der Waals surface area contributed by atoms with E-state index in [1.54, 1.807) is 7.05 Å². The summed E-state index contributed by atoms with van der Waals surface area (Å²) in [5.41, 5.74) is 0.954. The fourth-order valence-electron chi connectivity index (χ4n) is 4.34. The van der Waals surface area contributed by atoms with Gasteiger partial charge >= 0.3 is 6.18 Å². The van der Waals surface area contributed by atoms with Crippen molar-refractivity contribution in [2.45, 2.75) is 71.1 Å². The fraction of sp³-hybridized carbons (Fsp3) is 0.810. The number of hydrogen-bond donors (Lipinski definition) is 2. The Hall–Kier alpha value is -1.04. The average molecular weight is 557 g/mol. The van der Waals surface area contributed by atoms with Gasteiger partial charge in [-0.25, -0.2) is 4.98 Å². The maximum atomic E-state index is 12.8. The fourth-order valence-corrected chi connectivity index (χ4v) is 4.34. The van der Waals surface area contributed by atoms with Crippen LogP contribution in [0, 0.1) is 25.7 Å². The van der Waals surface area contributed by atoms with Crippen molar-refractivity contribution < 1.29 is 17.6 Å². The number of aliphatic imine (C=N–C) groups is 1. The van der Waals surface area contributed by atoms with Crippen molar-refractivity contribution in [1.29, 1.82) is 0 Å². The normalized spacial score (nSPS) is 24.0. The van der Waals surface area contributed by atoms with Gasteiger partial charge in [0.25, 0.3) is 0 Å². The number of aryl methyl sites for hydroxylation is 2. The molecular weight excluding hydrogens is 522 g/mol. The van der Waals surface area contributed by atoms with E-state index < -0.39 is 12.1 Å². The Morgan fingerprint density at radius 2 is 1.77 bits per heavy atom. The number of guanidine groups is 1. The van der Waals surface area contributed by atoms with E-state index in [0.717, 1.165) is 56.4 Å². The summed E-state index contributed by atoms with van der Waals surface area (Å²) in [5.74, 6) is 1.76. The molecule has 2 aliphatic rings. The van der Waals surface area contributed by atoms with Gasteiger partial charge in [-0.15, -0.1) is 24.0 Å². The largest absolute Gasteiger partial charge is 0.444 e. The minimum absolute atomic E-state index is 0. The first-order valence-electron chi connectivity index (χ1n) is 10.9. The molecular formula is C21H35F3IN5O. The lowest BCUT2D eigenvalue weighted by Crippen LogP contribution is -2.47. The molecule has 1 aromatic heterocycles. The molecule has 6 nitrogen and oxygen atoms in total. The lowest BCUT2D eigenvalue weighted by Gasteiger charge is -2.33. The molecule has 0 spiro atoms. The topological polar surface area (TPSA) is 65.7 Å². The van der Waals surface area contributed by atoms with Crippen molar-refractivity contribution in [2.75, 3.05) is 26.7 Å². The number of nitrogens with one attached hydrogen (secondary N) is 2. The zero-order chi connectivity index (χ0) is 21.7. The molecule has 0 amide bonds. The van der Waals surface area contributed by atoms with Gasteiger partial charge in [-0.1, -0.05) is 0 Å². The van der Waals surface area contributed by atoms with Crippen LogP contribution in [0.5, 0.6) is 0 Å². The van der Waals surface area contributed by atoms with Crippen LogP contribution in [0.2, 0.25) is 0 Å². The van der Waals surface area contributed by atoms with Crippen LogP contribution in [-0.2, 0) is 6.54 Å². The highest BCUT2D eigenvalue weighted by atomic mass is 127. The van der Waals surface area contributed by atoms with E-state index in [1.165, 1.54) is 0 Å². The third-order valence-electron chi connectivity index (χ3n) is 6.45. The molecule has 178 valence electrons. The molecule has 31 heavy (non-hydrogen) atoms. The Labute approximate surface area is 199 Å². The Morgan fingerprint density at radius 1 is 1.13 bits per heavy atom. The number of rotatable bonds is 5. The number of likely N-dealkylation sites (tertiary alicyclic amines) is 1. The van der Waals surface area contributed by atoms with E-state index in [1.807, 2.05) is 13.8 Å². The van der Waals surface area contributed by atoms with Gasteiger partial charge in [-0.3, -0.25) is 9.89 Å². The molecule has 2 fully saturated rings. The van der Waals surface area contributed by atoms with E-state index in [-0.39, 0.29) is 42.9 Å². The van der Waals surface area contributed by atoms with E-state index in [2.05, 4.69) is 25.5 Å². The standard InChI is InChI=1S/C21H34F3N5O.HI/c1-14-15(2)30-19(27-14)13-29-10-8-16(9-11-29)12-26-20(25-3)28-18-6-4-17(5-7-18)21(22,23)24;/h16-18H,4-13H2,1-3H3,(H2,25,26,28);1H. The second-order valence-corrected chi connectivity index (χ2v) is 8.66. The predicted octanol–water partition coefficient (Wildman–Crippen LogP) is 4.41. The lowest BCUT2D eigenvalue weighted by atomic mass is 9.85. The van der Waals surface area contributed by atoms with Gasteiger partial charge in [0.2, 0.25) is 5.89 Å². The van der Waals surface area contributed by atoms with Gasteiger partial charge < -0.3 is 15.1 Å². The van der Waals surface area contributed by atoms with Crippen LogP contribution in [0.25, 0.3) is 0 Å². The van der Waals surface area contributed by atoms with Gasteiger partial charge in [-0.05, 0) is 71.4 Å². The van der Waals surface area contributed by atoms with Gasteiger partial charge in [0.05, 0.1) is 18.2 Å². The van der Waals surface area contributed by atoms with Crippen LogP contribution < -0.4 is 10.6 Å². The quantitative estimate of drug-likeness (QED) is 0.319. The average Bonchev–Trinajstić information content (AvgIpc) is 3.03. The highest BCUT2D eigenvalue weighted by molar-refractivity contribution is 14.0. The third-order valence-corrected chi connectivity index (χ3v) is 6.45. The van der Waals surface area contributed by atoms with Gasteiger partial charge in [-0.2, -0.15) is 13.2 Å². The molecule has 2 N–H and O–H groups in total. The summed E-state index contributed by atoms with van der Waals surface area (Å²) in [4.78, 5) is 11.1. The molecule has 0 aromatic carbocycles. The molecule has 0 radical (unpaired) electrons. The van der Waals surface area contributed by atoms with Crippen LogP contribution in [-0.4, -0.2) is 54.7 Å². The molecule has 10 heteroatoms. The first-order chi connectivity index (χ1) is 14.2. The number of hydrogen-bond acceptors (Lipinski definition) is 4. The molecule has 0 unspecified atom stereocenters. The monoisotopic (exact) mass is 557 g/mol. The Kier molecular flexibility index (Phi) is 9.91. The van der Waals surface area contributed by atoms with Crippen molar-refractivity contribution in [1.82, 2.24) is 20.5 Å². The van der Waals surface area contributed by atoms with Crippen molar-refractivity contribution in [3.8, 4) is 0 Å². The number of halogens is 4. The summed E-state index contributed by atoms with van der Waals surface area (Å²) in [6.45, 7) is 7.47. The number of nitrogens with zero attached hydrogens (tertiary/aromatic N) is 3. The molecule has 1 aromatic rings. The summed E-state index contributed by atoms with van der Waals surface area (Å²) in [5, 5.41) is 6.68. The van der Waals surface area contributed by atoms with Crippen LogP contribution in [0.4, 0.5) is 13.2 Å². The molecule has 3 rings (SSSR count). The zero-order valence-corrected chi connectivity index (χ0v) is 20.9. The second-order valence-electron chi connectivity index (χ2n) is 8.66. The maximum absolute atomic E-state index is 12.8. The van der Waals surface area contributed by atoms with Crippen molar-refractivity contribution in [2.24, 2.45) is 16.8 Å². The summed E-state index contributed by atoms with van der Waals surface area (Å²) < 4.78 is 44.2. The summed E-state index contributed by atoms with van der Waals surface area (Å²) in [7, 11) is 1.71. The second kappa shape index (κ2) is 11.7. The molecule has 1 saturated carbocycles. The van der Waals surface area contributed by atoms with Crippen molar-refractivity contribution in [3.05, 3.63) is 17.3 Å².